The number of rotatable bonds is 1. The first-order valence-electron chi connectivity index (χ1n) is 12.6. The molecule has 1 aromatic carbocycles. The molecule has 4 aliphatic rings. The molecule has 34 heavy (non-hydrogen) atoms. The van der Waals surface area contributed by atoms with E-state index in [2.05, 4.69) is 28.2 Å². The normalized spacial score (nSPS) is 30.0. The number of likely N-dealkylation sites (tertiary alicyclic amines) is 1. The molecule has 1 aromatic rings. The van der Waals surface area contributed by atoms with E-state index in [1.54, 1.807) is 11.0 Å². The second-order valence-electron chi connectivity index (χ2n) is 9.88. The van der Waals surface area contributed by atoms with Crippen LogP contribution in [0.4, 0.5) is 0 Å². The molecule has 184 valence electrons. The standard InChI is InChI=1S/C26H36N4O4/c1-28-12-9-19(10-13-28)29-14-15-30-23(18-29)25(31)27-17-21-6-4-5-20(34-21)11-16-33-24-8-3-2-7-22(24)26(30)32/h2-4,6-8,19-21,23H,5,9-18H2,1H3,(H,27,31)/t20-,21-,23-/m0/s1. The summed E-state index contributed by atoms with van der Waals surface area (Å²) in [7, 11) is 2.16. The molecule has 8 heteroatoms. The number of carbonyl (C=O) groups is 2. The van der Waals surface area contributed by atoms with Gasteiger partial charge < -0.3 is 24.6 Å². The average Bonchev–Trinajstić information content (AvgIpc) is 2.87. The van der Waals surface area contributed by atoms with E-state index >= 15 is 0 Å². The van der Waals surface area contributed by atoms with E-state index in [9.17, 15) is 9.59 Å². The topological polar surface area (TPSA) is 74.4 Å². The molecule has 0 aromatic heterocycles. The molecule has 0 saturated carbocycles. The van der Waals surface area contributed by atoms with Gasteiger partial charge in [0.05, 0.1) is 24.4 Å². The fraction of sp³-hybridized carbons (Fsp3) is 0.615. The van der Waals surface area contributed by atoms with Gasteiger partial charge in [-0.3, -0.25) is 14.5 Å². The van der Waals surface area contributed by atoms with Gasteiger partial charge in [-0.05, 0) is 51.5 Å². The molecule has 0 spiro atoms. The van der Waals surface area contributed by atoms with Crippen molar-refractivity contribution < 1.29 is 19.1 Å². The summed E-state index contributed by atoms with van der Waals surface area (Å²) in [5, 5.41) is 3.09. The van der Waals surface area contributed by atoms with Crippen LogP contribution in [0.15, 0.2) is 36.4 Å². The van der Waals surface area contributed by atoms with E-state index in [0.29, 0.717) is 43.6 Å². The quantitative estimate of drug-likeness (QED) is 0.630. The van der Waals surface area contributed by atoms with E-state index in [4.69, 9.17) is 9.47 Å². The maximum Gasteiger partial charge on any atom is 0.258 e. The lowest BCUT2D eigenvalue weighted by Gasteiger charge is -2.45. The van der Waals surface area contributed by atoms with Crippen LogP contribution in [-0.2, 0) is 9.53 Å². The number of ether oxygens (including phenoxy) is 2. The number of para-hydroxylation sites is 1. The number of fused-ring (bicyclic) bond motifs is 4. The summed E-state index contributed by atoms with van der Waals surface area (Å²) in [4.78, 5) is 33.7. The fourth-order valence-electron chi connectivity index (χ4n) is 5.54. The maximum absolute atomic E-state index is 13.7. The molecule has 0 aliphatic carbocycles. The summed E-state index contributed by atoms with van der Waals surface area (Å²) in [6.45, 7) is 4.89. The first kappa shape index (κ1) is 23.3. The van der Waals surface area contributed by atoms with E-state index in [0.717, 1.165) is 45.3 Å². The van der Waals surface area contributed by atoms with Crippen LogP contribution in [-0.4, -0.2) is 104 Å². The van der Waals surface area contributed by atoms with Crippen LogP contribution in [0.25, 0.3) is 0 Å². The maximum atomic E-state index is 13.7. The molecule has 4 aliphatic heterocycles. The van der Waals surface area contributed by atoms with Crippen LogP contribution in [0, 0.1) is 0 Å². The molecular formula is C26H36N4O4. The monoisotopic (exact) mass is 468 g/mol. The van der Waals surface area contributed by atoms with Gasteiger partial charge in [-0.1, -0.05) is 24.3 Å². The van der Waals surface area contributed by atoms with Crippen molar-refractivity contribution in [1.82, 2.24) is 20.0 Å². The Balaban J connectivity index is 1.40. The number of piperidine rings is 1. The number of piperazine rings is 1. The average molecular weight is 469 g/mol. The van der Waals surface area contributed by atoms with Gasteiger partial charge in [0.2, 0.25) is 5.91 Å². The first-order valence-corrected chi connectivity index (χ1v) is 12.6. The van der Waals surface area contributed by atoms with Gasteiger partial charge in [0, 0.05) is 38.6 Å². The third kappa shape index (κ3) is 5.14. The Morgan fingerprint density at radius 2 is 1.85 bits per heavy atom. The lowest BCUT2D eigenvalue weighted by atomic mass is 10.00. The van der Waals surface area contributed by atoms with Gasteiger partial charge in [0.15, 0.2) is 0 Å². The Morgan fingerprint density at radius 3 is 2.71 bits per heavy atom. The zero-order valence-corrected chi connectivity index (χ0v) is 20.0. The molecule has 0 radical (unpaired) electrons. The lowest BCUT2D eigenvalue weighted by Crippen LogP contribution is -2.63. The molecule has 4 heterocycles. The predicted molar refractivity (Wildman–Crippen MR) is 129 cm³/mol. The second-order valence-corrected chi connectivity index (χ2v) is 9.88. The molecule has 2 fully saturated rings. The van der Waals surface area contributed by atoms with Crippen molar-refractivity contribution >= 4 is 11.8 Å². The Kier molecular flexibility index (Phi) is 7.18. The number of carbonyl (C=O) groups excluding carboxylic acids is 2. The van der Waals surface area contributed by atoms with Crippen molar-refractivity contribution in [1.29, 1.82) is 0 Å². The summed E-state index contributed by atoms with van der Waals surface area (Å²) >= 11 is 0. The number of hydrogen-bond acceptors (Lipinski definition) is 6. The highest BCUT2D eigenvalue weighted by Gasteiger charge is 2.39. The van der Waals surface area contributed by atoms with Crippen molar-refractivity contribution in [3.05, 3.63) is 42.0 Å². The van der Waals surface area contributed by atoms with Gasteiger partial charge in [-0.25, -0.2) is 0 Å². The smallest absolute Gasteiger partial charge is 0.258 e. The van der Waals surface area contributed by atoms with E-state index < -0.39 is 6.04 Å². The van der Waals surface area contributed by atoms with E-state index in [1.807, 2.05) is 24.3 Å². The number of nitrogens with zero attached hydrogens (tertiary/aromatic N) is 3. The zero-order valence-electron chi connectivity index (χ0n) is 20.0. The molecule has 0 unspecified atom stereocenters. The summed E-state index contributed by atoms with van der Waals surface area (Å²) in [6.07, 6.45) is 7.79. The SMILES string of the molecule is CN1CCC(N2CCN3C(=O)c4ccccc4OCC[C@@H]4CC=C[C@@H](CNC(=O)[C@@H]3C2)O4)CC1. The Hall–Kier alpha value is -2.42. The second kappa shape index (κ2) is 10.5. The van der Waals surface area contributed by atoms with Gasteiger partial charge in [0.25, 0.3) is 5.91 Å². The van der Waals surface area contributed by atoms with Crippen LogP contribution in [0.5, 0.6) is 5.75 Å². The van der Waals surface area contributed by atoms with Crippen LogP contribution >= 0.6 is 0 Å². The van der Waals surface area contributed by atoms with Crippen LogP contribution in [0.2, 0.25) is 0 Å². The molecule has 2 amide bonds. The van der Waals surface area contributed by atoms with E-state index in [1.165, 1.54) is 0 Å². The number of benzene rings is 1. The minimum absolute atomic E-state index is 0.0452. The molecule has 5 rings (SSSR count). The summed E-state index contributed by atoms with van der Waals surface area (Å²) in [6, 6.07) is 7.29. The van der Waals surface area contributed by atoms with Crippen molar-refractivity contribution in [3.8, 4) is 5.75 Å². The molecule has 2 bridgehead atoms. The highest BCUT2D eigenvalue weighted by molar-refractivity contribution is 6.00. The summed E-state index contributed by atoms with van der Waals surface area (Å²) in [5.41, 5.74) is 0.521. The lowest BCUT2D eigenvalue weighted by molar-refractivity contribution is -0.129. The van der Waals surface area contributed by atoms with Gasteiger partial charge in [-0.15, -0.1) is 0 Å². The number of hydrogen-bond donors (Lipinski definition) is 1. The zero-order chi connectivity index (χ0) is 23.5. The molecular weight excluding hydrogens is 432 g/mol. The van der Waals surface area contributed by atoms with Crippen LogP contribution in [0.3, 0.4) is 0 Å². The highest BCUT2D eigenvalue weighted by Crippen LogP contribution is 2.26. The van der Waals surface area contributed by atoms with E-state index in [-0.39, 0.29) is 24.0 Å². The molecule has 2 saturated heterocycles. The van der Waals surface area contributed by atoms with Crippen molar-refractivity contribution in [2.24, 2.45) is 0 Å². The third-order valence-electron chi connectivity index (χ3n) is 7.59. The summed E-state index contributed by atoms with van der Waals surface area (Å²) < 4.78 is 12.2. The minimum atomic E-state index is -0.541. The Bertz CT molecular complexity index is 914. The Morgan fingerprint density at radius 1 is 1.03 bits per heavy atom. The van der Waals surface area contributed by atoms with Gasteiger partial charge >= 0.3 is 0 Å². The number of amides is 2. The van der Waals surface area contributed by atoms with Crippen molar-refractivity contribution in [2.45, 2.75) is 50.0 Å². The summed E-state index contributed by atoms with van der Waals surface area (Å²) in [5.74, 6) is 0.331. The molecule has 8 nitrogen and oxygen atoms in total. The first-order chi connectivity index (χ1) is 16.6. The largest absolute Gasteiger partial charge is 0.493 e. The predicted octanol–water partition coefficient (Wildman–Crippen LogP) is 1.52. The highest BCUT2D eigenvalue weighted by atomic mass is 16.5. The van der Waals surface area contributed by atoms with Crippen molar-refractivity contribution in [2.75, 3.05) is 52.9 Å². The van der Waals surface area contributed by atoms with Crippen LogP contribution in [0.1, 0.15) is 36.0 Å². The fourth-order valence-corrected chi connectivity index (χ4v) is 5.54. The van der Waals surface area contributed by atoms with Crippen molar-refractivity contribution in [3.63, 3.8) is 0 Å². The van der Waals surface area contributed by atoms with Gasteiger partial charge in [0.1, 0.15) is 11.8 Å². The minimum Gasteiger partial charge on any atom is -0.493 e. The van der Waals surface area contributed by atoms with Crippen LogP contribution < -0.4 is 10.1 Å². The third-order valence-corrected chi connectivity index (χ3v) is 7.59. The molecule has 3 atom stereocenters. The number of nitrogens with one attached hydrogen (secondary N) is 1. The molecule has 1 N–H and O–H groups in total. The van der Waals surface area contributed by atoms with Gasteiger partial charge in [-0.2, -0.15) is 0 Å². The Labute approximate surface area is 201 Å².